The third-order valence-corrected chi connectivity index (χ3v) is 3.21. The zero-order valence-corrected chi connectivity index (χ0v) is 10.5. The minimum Gasteiger partial charge on any atom is -0.382 e. The monoisotopic (exact) mass is 273 g/mol. The summed E-state index contributed by atoms with van der Waals surface area (Å²) >= 11 is 6.07. The fourth-order valence-corrected chi connectivity index (χ4v) is 2.26. The molecule has 3 aromatic rings. The first-order valence-electron chi connectivity index (χ1n) is 5.63. The highest BCUT2D eigenvalue weighted by Crippen LogP contribution is 2.33. The number of aromatic nitrogens is 2. The highest BCUT2D eigenvalue weighted by molar-refractivity contribution is 6.33. The normalized spacial score (nSPS) is 10.8. The Hall–Kier alpha value is -2.20. The first kappa shape index (κ1) is 11.9. The molecule has 19 heavy (non-hydrogen) atoms. The van der Waals surface area contributed by atoms with Crippen molar-refractivity contribution in [2.75, 3.05) is 5.73 Å². The van der Waals surface area contributed by atoms with Crippen LogP contribution in [0.25, 0.3) is 22.0 Å². The molecule has 94 valence electrons. The lowest BCUT2D eigenvalue weighted by Gasteiger charge is -2.08. The summed E-state index contributed by atoms with van der Waals surface area (Å²) in [6.45, 7) is 0. The summed E-state index contributed by atoms with van der Waals surface area (Å²) in [6.07, 6.45) is 0. The Kier molecular flexibility index (Phi) is 2.80. The number of hydrogen-bond donors (Lipinski definition) is 1. The second kappa shape index (κ2) is 4.48. The van der Waals surface area contributed by atoms with Gasteiger partial charge in [0.25, 0.3) is 0 Å². The van der Waals surface area contributed by atoms with Crippen LogP contribution in [0.2, 0.25) is 5.02 Å². The van der Waals surface area contributed by atoms with E-state index >= 15 is 0 Å². The number of nitrogen functional groups attached to an aromatic ring is 1. The predicted octanol–water partition coefficient (Wildman–Crippen LogP) is 3.67. The largest absolute Gasteiger partial charge is 0.382 e. The van der Waals surface area contributed by atoms with E-state index in [-0.39, 0.29) is 5.82 Å². The van der Waals surface area contributed by atoms with Crippen molar-refractivity contribution in [1.82, 2.24) is 10.2 Å². The van der Waals surface area contributed by atoms with Gasteiger partial charge in [-0.25, -0.2) is 4.39 Å². The number of nitrogens with zero attached hydrogens (tertiary/aromatic N) is 2. The van der Waals surface area contributed by atoms with Crippen molar-refractivity contribution in [2.45, 2.75) is 0 Å². The number of rotatable bonds is 1. The van der Waals surface area contributed by atoms with Crippen molar-refractivity contribution in [2.24, 2.45) is 0 Å². The molecular formula is C14H9ClFN3. The molecule has 0 fully saturated rings. The summed E-state index contributed by atoms with van der Waals surface area (Å²) in [5.74, 6) is -0.0287. The van der Waals surface area contributed by atoms with Gasteiger partial charge in [-0.2, -0.15) is 0 Å². The fraction of sp³-hybridized carbons (Fsp3) is 0. The lowest BCUT2D eigenvalue weighted by atomic mass is 10.0. The molecule has 0 spiro atoms. The van der Waals surface area contributed by atoms with Gasteiger partial charge >= 0.3 is 0 Å². The molecule has 1 aromatic heterocycles. The highest BCUT2D eigenvalue weighted by atomic mass is 35.5. The van der Waals surface area contributed by atoms with Gasteiger partial charge in [-0.15, -0.1) is 10.2 Å². The van der Waals surface area contributed by atoms with Gasteiger partial charge in [-0.3, -0.25) is 0 Å². The van der Waals surface area contributed by atoms with Crippen molar-refractivity contribution < 1.29 is 4.39 Å². The van der Waals surface area contributed by atoms with Crippen LogP contribution in [0.5, 0.6) is 0 Å². The first-order valence-corrected chi connectivity index (χ1v) is 6.01. The van der Waals surface area contributed by atoms with E-state index < -0.39 is 0 Å². The smallest absolute Gasteiger partial charge is 0.154 e. The average Bonchev–Trinajstić information content (AvgIpc) is 2.41. The van der Waals surface area contributed by atoms with E-state index in [9.17, 15) is 4.39 Å². The molecule has 1 heterocycles. The van der Waals surface area contributed by atoms with Crippen LogP contribution in [0.4, 0.5) is 10.2 Å². The molecule has 2 N–H and O–H groups in total. The van der Waals surface area contributed by atoms with E-state index in [4.69, 9.17) is 17.3 Å². The summed E-state index contributed by atoms with van der Waals surface area (Å²) < 4.78 is 13.1. The maximum Gasteiger partial charge on any atom is 0.154 e. The van der Waals surface area contributed by atoms with Gasteiger partial charge in [0.15, 0.2) is 5.82 Å². The molecular weight excluding hydrogens is 265 g/mol. The SMILES string of the molecule is Nc1nnc(-c2ccc(F)cc2Cl)c2ccccc12. The van der Waals surface area contributed by atoms with E-state index in [0.29, 0.717) is 22.1 Å². The molecule has 0 unspecified atom stereocenters. The molecule has 2 aromatic carbocycles. The van der Waals surface area contributed by atoms with E-state index in [0.717, 1.165) is 10.8 Å². The number of anilines is 1. The molecule has 0 bridgehead atoms. The highest BCUT2D eigenvalue weighted by Gasteiger charge is 2.12. The number of benzene rings is 2. The van der Waals surface area contributed by atoms with Crippen LogP contribution in [-0.2, 0) is 0 Å². The molecule has 0 saturated heterocycles. The van der Waals surface area contributed by atoms with Gasteiger partial charge < -0.3 is 5.73 Å². The predicted molar refractivity (Wildman–Crippen MR) is 74.4 cm³/mol. The van der Waals surface area contributed by atoms with E-state index in [1.54, 1.807) is 6.07 Å². The van der Waals surface area contributed by atoms with Gasteiger partial charge in [-0.05, 0) is 18.2 Å². The maximum absolute atomic E-state index is 13.1. The summed E-state index contributed by atoms with van der Waals surface area (Å²) in [6, 6.07) is 11.7. The Bertz CT molecular complexity index is 774. The Morgan fingerprint density at radius 1 is 1.00 bits per heavy atom. The molecule has 3 nitrogen and oxygen atoms in total. The van der Waals surface area contributed by atoms with Crippen LogP contribution in [0.1, 0.15) is 0 Å². The Morgan fingerprint density at radius 2 is 1.74 bits per heavy atom. The lowest BCUT2D eigenvalue weighted by molar-refractivity contribution is 0.628. The molecule has 0 aliphatic carbocycles. The molecule has 0 radical (unpaired) electrons. The molecule has 0 aliphatic rings. The van der Waals surface area contributed by atoms with Crippen LogP contribution in [-0.4, -0.2) is 10.2 Å². The fourth-order valence-electron chi connectivity index (χ4n) is 2.01. The molecule has 0 saturated carbocycles. The standard InChI is InChI=1S/C14H9ClFN3/c15-12-7-8(16)5-6-11(12)13-9-3-1-2-4-10(9)14(17)19-18-13/h1-7H,(H2,17,19). The summed E-state index contributed by atoms with van der Waals surface area (Å²) in [7, 11) is 0. The van der Waals surface area contributed by atoms with Crippen molar-refractivity contribution >= 4 is 28.2 Å². The first-order chi connectivity index (χ1) is 9.16. The zero-order valence-electron chi connectivity index (χ0n) is 9.77. The number of nitrogens with two attached hydrogens (primary N) is 1. The molecule has 0 amide bonds. The summed E-state index contributed by atoms with van der Waals surface area (Å²) in [5.41, 5.74) is 7.02. The summed E-state index contributed by atoms with van der Waals surface area (Å²) in [5, 5.41) is 9.94. The van der Waals surface area contributed by atoms with Gasteiger partial charge in [0, 0.05) is 16.3 Å². The number of hydrogen-bond acceptors (Lipinski definition) is 3. The van der Waals surface area contributed by atoms with E-state index in [1.165, 1.54) is 12.1 Å². The van der Waals surface area contributed by atoms with Crippen LogP contribution in [0.15, 0.2) is 42.5 Å². The Labute approximate surface area is 113 Å². The van der Waals surface area contributed by atoms with Gasteiger partial charge in [0.2, 0.25) is 0 Å². The van der Waals surface area contributed by atoms with Crippen LogP contribution < -0.4 is 5.73 Å². The van der Waals surface area contributed by atoms with Gasteiger partial charge in [0.05, 0.1) is 5.02 Å². The van der Waals surface area contributed by atoms with Crippen molar-refractivity contribution in [3.05, 3.63) is 53.3 Å². The number of halogens is 2. The minimum absolute atomic E-state index is 0.296. The third kappa shape index (κ3) is 2.00. The van der Waals surface area contributed by atoms with Crippen molar-refractivity contribution in [3.63, 3.8) is 0 Å². The van der Waals surface area contributed by atoms with Crippen LogP contribution >= 0.6 is 11.6 Å². The van der Waals surface area contributed by atoms with Crippen LogP contribution in [0.3, 0.4) is 0 Å². The van der Waals surface area contributed by atoms with Gasteiger partial charge in [0.1, 0.15) is 11.5 Å². The maximum atomic E-state index is 13.1. The minimum atomic E-state index is -0.388. The third-order valence-electron chi connectivity index (χ3n) is 2.90. The quantitative estimate of drug-likeness (QED) is 0.736. The summed E-state index contributed by atoms with van der Waals surface area (Å²) in [4.78, 5) is 0. The zero-order chi connectivity index (χ0) is 13.4. The topological polar surface area (TPSA) is 51.8 Å². The second-order valence-corrected chi connectivity index (χ2v) is 4.51. The van der Waals surface area contributed by atoms with E-state index in [2.05, 4.69) is 10.2 Å². The molecule has 0 aliphatic heterocycles. The van der Waals surface area contributed by atoms with Crippen LogP contribution in [0, 0.1) is 5.82 Å². The van der Waals surface area contributed by atoms with Crippen molar-refractivity contribution in [3.8, 4) is 11.3 Å². The second-order valence-electron chi connectivity index (χ2n) is 4.10. The van der Waals surface area contributed by atoms with Gasteiger partial charge in [-0.1, -0.05) is 35.9 Å². The molecule has 3 rings (SSSR count). The van der Waals surface area contributed by atoms with Crippen molar-refractivity contribution in [1.29, 1.82) is 0 Å². The average molecular weight is 274 g/mol. The number of fused-ring (bicyclic) bond motifs is 1. The Balaban J connectivity index is 2.34. The molecule has 0 atom stereocenters. The molecule has 5 heteroatoms. The lowest BCUT2D eigenvalue weighted by Crippen LogP contribution is -1.97. The Morgan fingerprint density at radius 3 is 2.47 bits per heavy atom. The van der Waals surface area contributed by atoms with E-state index in [1.807, 2.05) is 24.3 Å².